The molecule has 4 nitrogen and oxygen atoms in total. The van der Waals surface area contributed by atoms with Gasteiger partial charge < -0.3 is 10.6 Å². The quantitative estimate of drug-likeness (QED) is 0.868. The summed E-state index contributed by atoms with van der Waals surface area (Å²) in [7, 11) is 0. The van der Waals surface area contributed by atoms with Crippen molar-refractivity contribution < 1.29 is 4.79 Å². The molecule has 0 fully saturated rings. The summed E-state index contributed by atoms with van der Waals surface area (Å²) in [5.41, 5.74) is 1.60. The van der Waals surface area contributed by atoms with Gasteiger partial charge in [0.25, 0.3) is 0 Å². The lowest BCUT2D eigenvalue weighted by molar-refractivity contribution is 0.249. The maximum absolute atomic E-state index is 11.7. The van der Waals surface area contributed by atoms with Gasteiger partial charge in [-0.15, -0.1) is 0 Å². The lowest BCUT2D eigenvalue weighted by Gasteiger charge is -2.14. The van der Waals surface area contributed by atoms with Crippen LogP contribution in [0.4, 0.5) is 10.5 Å². The first-order chi connectivity index (χ1) is 8.75. The minimum Gasteiger partial charge on any atom is -0.330 e. The molecule has 1 aromatic heterocycles. The molecule has 18 heavy (non-hydrogen) atoms. The second-order valence-electron chi connectivity index (χ2n) is 3.94. The molecule has 2 N–H and O–H groups in total. The summed E-state index contributed by atoms with van der Waals surface area (Å²) < 4.78 is 0. The number of aromatic nitrogens is 1. The van der Waals surface area contributed by atoms with Crippen molar-refractivity contribution in [3.05, 3.63) is 60.4 Å². The number of nitrogens with zero attached hydrogens (tertiary/aromatic N) is 1. The highest BCUT2D eigenvalue weighted by molar-refractivity contribution is 5.89. The third kappa shape index (κ3) is 3.31. The summed E-state index contributed by atoms with van der Waals surface area (Å²) in [4.78, 5) is 15.9. The van der Waals surface area contributed by atoms with Crippen molar-refractivity contribution in [2.24, 2.45) is 0 Å². The first-order valence-electron chi connectivity index (χ1n) is 5.79. The van der Waals surface area contributed by atoms with Gasteiger partial charge in [0, 0.05) is 11.9 Å². The number of carbonyl (C=O) groups excluding carboxylic acids is 1. The van der Waals surface area contributed by atoms with Crippen LogP contribution in [0.25, 0.3) is 0 Å². The van der Waals surface area contributed by atoms with Crippen molar-refractivity contribution in [1.82, 2.24) is 10.3 Å². The maximum atomic E-state index is 11.7. The first-order valence-corrected chi connectivity index (χ1v) is 5.79. The molecule has 2 aromatic rings. The van der Waals surface area contributed by atoms with E-state index in [4.69, 9.17) is 0 Å². The predicted molar refractivity (Wildman–Crippen MR) is 71.2 cm³/mol. The van der Waals surface area contributed by atoms with E-state index in [1.165, 1.54) is 0 Å². The van der Waals surface area contributed by atoms with Gasteiger partial charge in [0.2, 0.25) is 0 Å². The predicted octanol–water partition coefficient (Wildman–Crippen LogP) is 2.96. The number of hydrogen-bond acceptors (Lipinski definition) is 2. The standard InChI is InChI=1S/C14H15N3O/c1-11(13-9-5-6-10-15-13)16-14(18)17-12-7-3-2-4-8-12/h2-11H,1H3,(H2,16,17,18). The van der Waals surface area contributed by atoms with Gasteiger partial charge in [0.1, 0.15) is 0 Å². The summed E-state index contributed by atoms with van der Waals surface area (Å²) in [5, 5.41) is 5.60. The summed E-state index contributed by atoms with van der Waals surface area (Å²) in [6.07, 6.45) is 1.71. The van der Waals surface area contributed by atoms with Crippen LogP contribution in [-0.4, -0.2) is 11.0 Å². The molecule has 2 rings (SSSR count). The second-order valence-corrected chi connectivity index (χ2v) is 3.94. The fourth-order valence-electron chi connectivity index (χ4n) is 1.59. The molecule has 0 saturated heterocycles. The zero-order valence-electron chi connectivity index (χ0n) is 10.1. The number of nitrogens with one attached hydrogen (secondary N) is 2. The van der Waals surface area contributed by atoms with Gasteiger partial charge in [-0.25, -0.2) is 4.79 Å². The topological polar surface area (TPSA) is 54.0 Å². The lowest BCUT2D eigenvalue weighted by atomic mass is 10.2. The fraction of sp³-hybridized carbons (Fsp3) is 0.143. The Morgan fingerprint density at radius 2 is 1.83 bits per heavy atom. The van der Waals surface area contributed by atoms with Crippen molar-refractivity contribution >= 4 is 11.7 Å². The number of pyridine rings is 1. The Labute approximate surface area is 106 Å². The van der Waals surface area contributed by atoms with Gasteiger partial charge >= 0.3 is 6.03 Å². The molecule has 1 heterocycles. The molecular formula is C14H15N3O. The van der Waals surface area contributed by atoms with Crippen LogP contribution in [-0.2, 0) is 0 Å². The molecule has 1 aromatic carbocycles. The minimum atomic E-state index is -0.237. The molecule has 0 spiro atoms. The minimum absolute atomic E-state index is 0.130. The van der Waals surface area contributed by atoms with E-state index in [1.54, 1.807) is 6.20 Å². The van der Waals surface area contributed by atoms with Crippen molar-refractivity contribution in [2.75, 3.05) is 5.32 Å². The van der Waals surface area contributed by atoms with E-state index >= 15 is 0 Å². The Kier molecular flexibility index (Phi) is 3.91. The third-order valence-electron chi connectivity index (χ3n) is 2.51. The highest BCUT2D eigenvalue weighted by Crippen LogP contribution is 2.09. The molecule has 0 aliphatic carbocycles. The van der Waals surface area contributed by atoms with Crippen molar-refractivity contribution in [1.29, 1.82) is 0 Å². The summed E-state index contributed by atoms with van der Waals surface area (Å²) in [6.45, 7) is 1.90. The molecule has 2 amide bonds. The van der Waals surface area contributed by atoms with E-state index in [-0.39, 0.29) is 12.1 Å². The fourth-order valence-corrected chi connectivity index (χ4v) is 1.59. The molecule has 0 aliphatic rings. The Bertz CT molecular complexity index is 499. The van der Waals surface area contributed by atoms with Crippen molar-refractivity contribution in [3.63, 3.8) is 0 Å². The molecule has 1 atom stereocenters. The molecule has 92 valence electrons. The van der Waals surface area contributed by atoms with Crippen LogP contribution in [0.2, 0.25) is 0 Å². The number of rotatable bonds is 3. The molecule has 0 aliphatic heterocycles. The van der Waals surface area contributed by atoms with Crippen LogP contribution in [0.3, 0.4) is 0 Å². The zero-order chi connectivity index (χ0) is 12.8. The third-order valence-corrected chi connectivity index (χ3v) is 2.51. The normalized spacial score (nSPS) is 11.6. The van der Waals surface area contributed by atoms with Gasteiger partial charge in [-0.1, -0.05) is 24.3 Å². The summed E-state index contributed by atoms with van der Waals surface area (Å²) in [6, 6.07) is 14.6. The average molecular weight is 241 g/mol. The number of hydrogen-bond donors (Lipinski definition) is 2. The van der Waals surface area contributed by atoms with Crippen LogP contribution in [0.1, 0.15) is 18.7 Å². The maximum Gasteiger partial charge on any atom is 0.319 e. The SMILES string of the molecule is CC(NC(=O)Nc1ccccc1)c1ccccn1. The van der Waals surface area contributed by atoms with Crippen molar-refractivity contribution in [3.8, 4) is 0 Å². The number of anilines is 1. The number of urea groups is 1. The zero-order valence-corrected chi connectivity index (χ0v) is 10.1. The monoisotopic (exact) mass is 241 g/mol. The highest BCUT2D eigenvalue weighted by atomic mass is 16.2. The lowest BCUT2D eigenvalue weighted by Crippen LogP contribution is -2.31. The Morgan fingerprint density at radius 3 is 2.50 bits per heavy atom. The molecule has 0 radical (unpaired) electrons. The highest BCUT2D eigenvalue weighted by Gasteiger charge is 2.09. The second kappa shape index (κ2) is 5.82. The number of benzene rings is 1. The Hall–Kier alpha value is -2.36. The van der Waals surface area contributed by atoms with E-state index in [2.05, 4.69) is 15.6 Å². The van der Waals surface area contributed by atoms with Crippen LogP contribution >= 0.6 is 0 Å². The van der Waals surface area contributed by atoms with Crippen LogP contribution < -0.4 is 10.6 Å². The molecule has 4 heteroatoms. The Morgan fingerprint density at radius 1 is 1.11 bits per heavy atom. The molecule has 0 bridgehead atoms. The smallest absolute Gasteiger partial charge is 0.319 e. The van der Waals surface area contributed by atoms with E-state index in [9.17, 15) is 4.79 Å². The average Bonchev–Trinajstić information content (AvgIpc) is 2.40. The molecule has 1 unspecified atom stereocenters. The molecule has 0 saturated carbocycles. The first kappa shape index (κ1) is 12.1. The van der Waals surface area contributed by atoms with E-state index < -0.39 is 0 Å². The van der Waals surface area contributed by atoms with Crippen molar-refractivity contribution in [2.45, 2.75) is 13.0 Å². The van der Waals surface area contributed by atoms with Crippen LogP contribution in [0.15, 0.2) is 54.7 Å². The largest absolute Gasteiger partial charge is 0.330 e. The van der Waals surface area contributed by atoms with Gasteiger partial charge in [-0.05, 0) is 31.2 Å². The van der Waals surface area contributed by atoms with E-state index in [0.29, 0.717) is 0 Å². The van der Waals surface area contributed by atoms with Gasteiger partial charge in [-0.2, -0.15) is 0 Å². The number of para-hydroxylation sites is 1. The van der Waals surface area contributed by atoms with Crippen LogP contribution in [0.5, 0.6) is 0 Å². The van der Waals surface area contributed by atoms with Gasteiger partial charge in [0.05, 0.1) is 11.7 Å². The summed E-state index contributed by atoms with van der Waals surface area (Å²) >= 11 is 0. The van der Waals surface area contributed by atoms with Gasteiger partial charge in [-0.3, -0.25) is 4.98 Å². The number of amides is 2. The van der Waals surface area contributed by atoms with Gasteiger partial charge in [0.15, 0.2) is 0 Å². The Balaban J connectivity index is 1.92. The number of carbonyl (C=O) groups is 1. The van der Waals surface area contributed by atoms with E-state index in [1.807, 2.05) is 55.5 Å². The molecular weight excluding hydrogens is 226 g/mol. The van der Waals surface area contributed by atoms with Crippen LogP contribution in [0, 0.1) is 0 Å². The van der Waals surface area contributed by atoms with E-state index in [0.717, 1.165) is 11.4 Å². The summed E-state index contributed by atoms with van der Waals surface area (Å²) in [5.74, 6) is 0.